The molecule has 6 heteroatoms. The van der Waals surface area contributed by atoms with Gasteiger partial charge in [-0.2, -0.15) is 0 Å². The maximum Gasteiger partial charge on any atom is 0.273 e. The van der Waals surface area contributed by atoms with Crippen molar-refractivity contribution in [1.82, 2.24) is 14.9 Å². The summed E-state index contributed by atoms with van der Waals surface area (Å²) in [6, 6.07) is 0. The summed E-state index contributed by atoms with van der Waals surface area (Å²) < 4.78 is 5.16. The van der Waals surface area contributed by atoms with Gasteiger partial charge in [0, 0.05) is 20.2 Å². The van der Waals surface area contributed by atoms with E-state index >= 15 is 0 Å². The van der Waals surface area contributed by atoms with Crippen LogP contribution in [-0.4, -0.2) is 47.6 Å². The minimum atomic E-state index is -0.213. The molecule has 0 aliphatic carbocycles. The minimum absolute atomic E-state index is 0.212. The van der Waals surface area contributed by atoms with Crippen LogP contribution in [-0.2, 0) is 4.74 Å². The summed E-state index contributed by atoms with van der Waals surface area (Å²) in [6.07, 6.45) is 2.78. The lowest BCUT2D eigenvalue weighted by atomic mass is 10.4. The van der Waals surface area contributed by atoms with E-state index in [1.807, 2.05) is 6.92 Å². The van der Waals surface area contributed by atoms with Crippen molar-refractivity contribution in [3.63, 3.8) is 0 Å². The molecule has 0 fully saturated rings. The Bertz CT molecular complexity index is 360. The second-order valence-corrected chi connectivity index (χ2v) is 3.54. The number of ether oxygens (including phenoxy) is 1. The summed E-state index contributed by atoms with van der Waals surface area (Å²) in [5.74, 6) is -0.213. The number of amides is 1. The third kappa shape index (κ3) is 3.75. The number of aromatic nitrogens is 2. The normalized spacial score (nSPS) is 10.2. The zero-order valence-corrected chi connectivity index (χ0v) is 10.1. The molecule has 0 spiro atoms. The van der Waals surface area contributed by atoms with Gasteiger partial charge < -0.3 is 9.64 Å². The molecule has 0 N–H and O–H groups in total. The molecule has 1 heterocycles. The largest absolute Gasteiger partial charge is 0.380 e. The number of carbonyl (C=O) groups excluding carboxylic acids is 1. The highest BCUT2D eigenvalue weighted by Gasteiger charge is 2.13. The fraction of sp³-hybridized carbons (Fsp3) is 0.500. The lowest BCUT2D eigenvalue weighted by Crippen LogP contribution is -2.30. The van der Waals surface area contributed by atoms with E-state index in [9.17, 15) is 4.79 Å². The van der Waals surface area contributed by atoms with Crippen LogP contribution >= 0.6 is 11.6 Å². The maximum atomic E-state index is 11.8. The van der Waals surface area contributed by atoms with Crippen molar-refractivity contribution >= 4 is 17.5 Å². The van der Waals surface area contributed by atoms with Crippen molar-refractivity contribution in [2.45, 2.75) is 6.92 Å². The number of rotatable bonds is 5. The van der Waals surface area contributed by atoms with Gasteiger partial charge in [-0.05, 0) is 6.92 Å². The average Bonchev–Trinajstić information content (AvgIpc) is 2.28. The maximum absolute atomic E-state index is 11.8. The molecule has 0 bridgehead atoms. The summed E-state index contributed by atoms with van der Waals surface area (Å²) in [7, 11) is 1.68. The molecule has 0 aromatic carbocycles. The lowest BCUT2D eigenvalue weighted by Gasteiger charge is -2.16. The molecule has 0 aliphatic rings. The first-order chi connectivity index (χ1) is 7.65. The SMILES string of the molecule is CCOCCN(C)C(=O)c1cncc(Cl)n1. The molecule has 0 saturated carbocycles. The predicted molar refractivity (Wildman–Crippen MR) is 60.5 cm³/mol. The molecule has 1 aromatic heterocycles. The fourth-order valence-corrected chi connectivity index (χ4v) is 1.24. The Morgan fingerprint density at radius 3 is 2.94 bits per heavy atom. The second-order valence-electron chi connectivity index (χ2n) is 3.15. The highest BCUT2D eigenvalue weighted by Crippen LogP contribution is 2.04. The number of halogens is 1. The lowest BCUT2D eigenvalue weighted by molar-refractivity contribution is 0.0704. The van der Waals surface area contributed by atoms with Crippen molar-refractivity contribution in [2.24, 2.45) is 0 Å². The topological polar surface area (TPSA) is 55.3 Å². The van der Waals surface area contributed by atoms with Gasteiger partial charge in [0.1, 0.15) is 10.8 Å². The summed E-state index contributed by atoms with van der Waals surface area (Å²) >= 11 is 5.65. The van der Waals surface area contributed by atoms with Crippen molar-refractivity contribution < 1.29 is 9.53 Å². The Kier molecular flexibility index (Phi) is 5.14. The van der Waals surface area contributed by atoms with Gasteiger partial charge in [-0.15, -0.1) is 0 Å². The summed E-state index contributed by atoms with van der Waals surface area (Å²) in [4.78, 5) is 21.0. The summed E-state index contributed by atoms with van der Waals surface area (Å²) in [5.41, 5.74) is 0.242. The van der Waals surface area contributed by atoms with Crippen LogP contribution in [0.3, 0.4) is 0 Å². The molecule has 0 atom stereocenters. The smallest absolute Gasteiger partial charge is 0.273 e. The average molecular weight is 244 g/mol. The zero-order valence-electron chi connectivity index (χ0n) is 9.31. The number of likely N-dealkylation sites (N-methyl/N-ethyl adjacent to an activating group) is 1. The number of carbonyl (C=O) groups is 1. The molecule has 0 unspecified atom stereocenters. The van der Waals surface area contributed by atoms with Gasteiger partial charge in [0.15, 0.2) is 0 Å². The predicted octanol–water partition coefficient (Wildman–Crippen LogP) is 1.24. The third-order valence-electron chi connectivity index (χ3n) is 1.95. The first-order valence-corrected chi connectivity index (χ1v) is 5.33. The molecule has 5 nitrogen and oxygen atoms in total. The van der Waals surface area contributed by atoms with Crippen molar-refractivity contribution in [3.8, 4) is 0 Å². The van der Waals surface area contributed by atoms with Crippen LogP contribution in [0, 0.1) is 0 Å². The van der Waals surface area contributed by atoms with Gasteiger partial charge in [-0.1, -0.05) is 11.6 Å². The monoisotopic (exact) mass is 243 g/mol. The van der Waals surface area contributed by atoms with E-state index in [1.54, 1.807) is 7.05 Å². The number of nitrogens with zero attached hydrogens (tertiary/aromatic N) is 3. The van der Waals surface area contributed by atoms with Gasteiger partial charge in [-0.3, -0.25) is 9.78 Å². The van der Waals surface area contributed by atoms with E-state index in [0.717, 1.165) is 0 Å². The molecule has 0 saturated heterocycles. The molecule has 1 amide bonds. The van der Waals surface area contributed by atoms with Gasteiger partial charge in [0.2, 0.25) is 0 Å². The molecule has 1 aromatic rings. The summed E-state index contributed by atoms with van der Waals surface area (Å²) in [6.45, 7) is 3.57. The number of hydrogen-bond acceptors (Lipinski definition) is 4. The standard InChI is InChI=1S/C10H14ClN3O2/c1-3-16-5-4-14(2)10(15)8-6-12-7-9(11)13-8/h6-7H,3-5H2,1-2H3. The van der Waals surface area contributed by atoms with Crippen LogP contribution in [0.1, 0.15) is 17.4 Å². The van der Waals surface area contributed by atoms with Crippen molar-refractivity contribution in [1.29, 1.82) is 0 Å². The fourth-order valence-electron chi connectivity index (χ4n) is 1.09. The summed E-state index contributed by atoms with van der Waals surface area (Å²) in [5, 5.41) is 0.212. The highest BCUT2D eigenvalue weighted by molar-refractivity contribution is 6.29. The highest BCUT2D eigenvalue weighted by atomic mass is 35.5. The van der Waals surface area contributed by atoms with Crippen LogP contribution in [0.25, 0.3) is 0 Å². The van der Waals surface area contributed by atoms with Gasteiger partial charge in [0.25, 0.3) is 5.91 Å². The molecule has 88 valence electrons. The Morgan fingerprint density at radius 1 is 1.56 bits per heavy atom. The van der Waals surface area contributed by atoms with E-state index in [0.29, 0.717) is 19.8 Å². The minimum Gasteiger partial charge on any atom is -0.380 e. The van der Waals surface area contributed by atoms with Crippen LogP contribution in [0.2, 0.25) is 5.15 Å². The van der Waals surface area contributed by atoms with Crippen LogP contribution in [0.15, 0.2) is 12.4 Å². The van der Waals surface area contributed by atoms with Crippen molar-refractivity contribution in [2.75, 3.05) is 26.8 Å². The van der Waals surface area contributed by atoms with Gasteiger partial charge >= 0.3 is 0 Å². The van der Waals surface area contributed by atoms with Gasteiger partial charge in [0.05, 0.1) is 19.0 Å². The van der Waals surface area contributed by atoms with Crippen LogP contribution in [0.5, 0.6) is 0 Å². The van der Waals surface area contributed by atoms with Crippen LogP contribution < -0.4 is 0 Å². The van der Waals surface area contributed by atoms with Gasteiger partial charge in [-0.25, -0.2) is 4.98 Å². The molecular weight excluding hydrogens is 230 g/mol. The Balaban J connectivity index is 2.56. The van der Waals surface area contributed by atoms with E-state index in [2.05, 4.69) is 9.97 Å². The molecule has 16 heavy (non-hydrogen) atoms. The van der Waals surface area contributed by atoms with Crippen LogP contribution in [0.4, 0.5) is 0 Å². The Labute approximate surface area is 99.4 Å². The first kappa shape index (κ1) is 12.9. The second kappa shape index (κ2) is 6.40. The molecule has 0 radical (unpaired) electrons. The van der Waals surface area contributed by atoms with E-state index in [4.69, 9.17) is 16.3 Å². The molecular formula is C10H14ClN3O2. The van der Waals surface area contributed by atoms with E-state index in [-0.39, 0.29) is 16.8 Å². The number of hydrogen-bond donors (Lipinski definition) is 0. The zero-order chi connectivity index (χ0) is 12.0. The Morgan fingerprint density at radius 2 is 2.31 bits per heavy atom. The molecule has 0 aliphatic heterocycles. The first-order valence-electron chi connectivity index (χ1n) is 4.96. The van der Waals surface area contributed by atoms with Crippen molar-refractivity contribution in [3.05, 3.63) is 23.2 Å². The Hall–Kier alpha value is -1.20. The van der Waals surface area contributed by atoms with E-state index in [1.165, 1.54) is 17.3 Å². The third-order valence-corrected chi connectivity index (χ3v) is 2.13. The van der Waals surface area contributed by atoms with E-state index < -0.39 is 0 Å². The molecule has 1 rings (SSSR count). The quantitative estimate of drug-likeness (QED) is 0.730.